The maximum atomic E-state index is 10.1. The molecule has 310 valence electrons. The summed E-state index contributed by atoms with van der Waals surface area (Å²) in [6.45, 7) is 4.20. The average molecular weight is 898 g/mol. The number of hydrogen-bond acceptors (Lipinski definition) is 10. The number of carboxylic acid groups (broad SMARTS) is 4. The minimum Gasteiger partial charge on any atom is -0.545 e. The second-order valence-corrected chi connectivity index (χ2v) is 11.9. The molecule has 0 fully saturated rings. The first-order valence-corrected chi connectivity index (χ1v) is 17.6. The first kappa shape index (κ1) is 51.1. The van der Waals surface area contributed by atoms with Gasteiger partial charge in [-0.15, -0.1) is 0 Å². The number of carbonyl (C=O) groups is 4. The second-order valence-electron chi connectivity index (χ2n) is 11.9. The summed E-state index contributed by atoms with van der Waals surface area (Å²) in [6.07, 6.45) is 3.69. The molecule has 0 aliphatic heterocycles. The van der Waals surface area contributed by atoms with Crippen molar-refractivity contribution in [2.75, 3.05) is 0 Å². The van der Waals surface area contributed by atoms with Gasteiger partial charge in [-0.05, 0) is 71.5 Å². The third-order valence-electron chi connectivity index (χ3n) is 7.77. The van der Waals surface area contributed by atoms with Gasteiger partial charge in [-0.25, -0.2) is 0 Å². The number of carboxylic acids is 4. The topological polar surface area (TPSA) is 186 Å². The fourth-order valence-electron chi connectivity index (χ4n) is 4.77. The Morgan fingerprint density at radius 1 is 0.333 bits per heavy atom. The molecule has 12 heteroatoms. The van der Waals surface area contributed by atoms with Gasteiger partial charge in [0.25, 0.3) is 0 Å². The molecule has 60 heavy (non-hydrogen) atoms. The summed E-state index contributed by atoms with van der Waals surface area (Å²) >= 11 is 0. The van der Waals surface area contributed by atoms with Crippen molar-refractivity contribution in [2.24, 2.45) is 0 Å². The molecule has 0 amide bonds. The van der Waals surface area contributed by atoms with Gasteiger partial charge in [0.1, 0.15) is 0 Å². The van der Waals surface area contributed by atoms with Crippen molar-refractivity contribution in [3.8, 4) is 0 Å². The van der Waals surface area contributed by atoms with Crippen LogP contribution in [0.3, 0.4) is 0 Å². The molecular weight excluding hydrogens is 860 g/mol. The van der Waals surface area contributed by atoms with E-state index in [2.05, 4.69) is 35.9 Å². The van der Waals surface area contributed by atoms with Crippen LogP contribution < -0.4 is 20.4 Å². The Kier molecular flexibility index (Phi) is 24.2. The predicted octanol–water partition coefficient (Wildman–Crippen LogP) is 5.28. The van der Waals surface area contributed by atoms with Crippen molar-refractivity contribution in [3.63, 3.8) is 0 Å². The third kappa shape index (κ3) is 18.5. The first-order chi connectivity index (χ1) is 28.0. The Hall–Kier alpha value is -6.94. The van der Waals surface area contributed by atoms with E-state index in [1.54, 1.807) is 72.8 Å². The number of aromatic nitrogens is 2. The van der Waals surface area contributed by atoms with Crippen molar-refractivity contribution in [1.29, 1.82) is 0 Å². The van der Waals surface area contributed by atoms with Crippen LogP contribution in [0.25, 0.3) is 21.8 Å². The zero-order chi connectivity index (χ0) is 42.1. The molecule has 8 rings (SSSR count). The number of aromatic carboxylic acids is 4. The molecule has 0 atom stereocenters. The van der Waals surface area contributed by atoms with Crippen molar-refractivity contribution < 1.29 is 73.7 Å². The molecule has 0 spiro atoms. The molecule has 0 saturated carbocycles. The molecule has 0 aliphatic rings. The number of aryl methyl sites for hydroxylation is 2. The monoisotopic (exact) mass is 896 g/mol. The van der Waals surface area contributed by atoms with Crippen LogP contribution in [-0.2, 0) is 34.1 Å². The van der Waals surface area contributed by atoms with Gasteiger partial charge in [0.2, 0.25) is 0 Å². The standard InChI is InChI=1S/2C10H9N.4C7H6O2.2Cu/c2*1-8-6-7-11-10-5-3-2-4-9(8)10;4*8-7(9)6-4-2-1-3-5-6;;/h2*2-7H,1H3;4*1-5H,(H,8,9);;/q;;;;;;2*+2/p-4. The second kappa shape index (κ2) is 28.5. The fourth-order valence-corrected chi connectivity index (χ4v) is 4.77. The zero-order valence-corrected chi connectivity index (χ0v) is 34.1. The summed E-state index contributed by atoms with van der Waals surface area (Å²) in [5.74, 6) is -4.52. The van der Waals surface area contributed by atoms with Gasteiger partial charge in [0.05, 0.1) is 34.9 Å². The average Bonchev–Trinajstić information content (AvgIpc) is 3.26. The van der Waals surface area contributed by atoms with Crippen LogP contribution >= 0.6 is 0 Å². The normalized spacial score (nSPS) is 9.10. The summed E-state index contributed by atoms with van der Waals surface area (Å²) in [5, 5.41) is 42.8. The fraction of sp³-hybridized carbons (Fsp3) is 0.0417. The molecule has 6 aromatic carbocycles. The van der Waals surface area contributed by atoms with Crippen LogP contribution in [0.1, 0.15) is 52.6 Å². The number of benzene rings is 6. The number of rotatable bonds is 4. The van der Waals surface area contributed by atoms with Gasteiger partial charge in [-0.2, -0.15) is 0 Å². The molecule has 10 nitrogen and oxygen atoms in total. The maximum absolute atomic E-state index is 10.1. The van der Waals surface area contributed by atoms with E-state index in [4.69, 9.17) is 0 Å². The number of pyridine rings is 2. The van der Waals surface area contributed by atoms with E-state index in [1.807, 2.05) is 60.9 Å². The number of nitrogens with zero attached hydrogens (tertiary/aromatic N) is 2. The number of carbonyl (C=O) groups excluding carboxylic acids is 4. The van der Waals surface area contributed by atoms with E-state index in [0.717, 1.165) is 11.0 Å². The van der Waals surface area contributed by atoms with Crippen LogP contribution in [0.15, 0.2) is 194 Å². The molecule has 0 unspecified atom stereocenters. The van der Waals surface area contributed by atoms with Crippen LogP contribution in [0.4, 0.5) is 0 Å². The molecule has 2 heterocycles. The molecule has 8 aromatic rings. The van der Waals surface area contributed by atoms with Gasteiger partial charge in [0, 0.05) is 23.2 Å². The number of para-hydroxylation sites is 2. The summed E-state index contributed by atoms with van der Waals surface area (Å²) in [4.78, 5) is 48.8. The van der Waals surface area contributed by atoms with Gasteiger partial charge in [0.15, 0.2) is 0 Å². The third-order valence-corrected chi connectivity index (χ3v) is 7.77. The summed E-state index contributed by atoms with van der Waals surface area (Å²) in [7, 11) is 0. The van der Waals surface area contributed by atoms with Crippen LogP contribution in [0.5, 0.6) is 0 Å². The van der Waals surface area contributed by atoms with E-state index >= 15 is 0 Å². The van der Waals surface area contributed by atoms with E-state index in [1.165, 1.54) is 70.4 Å². The smallest absolute Gasteiger partial charge is 0.545 e. The first-order valence-electron chi connectivity index (χ1n) is 17.6. The molecule has 0 bridgehead atoms. The number of fused-ring (bicyclic) bond motifs is 2. The van der Waals surface area contributed by atoms with Crippen molar-refractivity contribution in [1.82, 2.24) is 9.97 Å². The van der Waals surface area contributed by atoms with E-state index in [-0.39, 0.29) is 56.4 Å². The minimum atomic E-state index is -1.13. The number of hydrogen-bond donors (Lipinski definition) is 0. The van der Waals surface area contributed by atoms with Crippen molar-refractivity contribution >= 4 is 45.7 Å². The molecule has 2 aromatic heterocycles. The summed E-state index contributed by atoms with van der Waals surface area (Å²) in [5.41, 5.74) is 5.61. The van der Waals surface area contributed by atoms with E-state index in [9.17, 15) is 39.6 Å². The maximum Gasteiger partial charge on any atom is 2.00 e. The summed E-state index contributed by atoms with van der Waals surface area (Å²) < 4.78 is 0. The Labute approximate surface area is 369 Å². The van der Waals surface area contributed by atoms with Gasteiger partial charge in [-0.3, -0.25) is 9.97 Å². The van der Waals surface area contributed by atoms with Gasteiger partial charge >= 0.3 is 34.1 Å². The molecule has 2 radical (unpaired) electrons. The van der Waals surface area contributed by atoms with Crippen LogP contribution in [0, 0.1) is 13.8 Å². The summed E-state index contributed by atoms with van der Waals surface area (Å²) in [6, 6.07) is 52.7. The zero-order valence-electron chi connectivity index (χ0n) is 32.2. The van der Waals surface area contributed by atoms with E-state index < -0.39 is 23.9 Å². The quantitative estimate of drug-likeness (QED) is 0.211. The predicted molar refractivity (Wildman–Crippen MR) is 216 cm³/mol. The Balaban J connectivity index is 0.000000359. The Morgan fingerprint density at radius 3 is 0.750 bits per heavy atom. The van der Waals surface area contributed by atoms with Gasteiger partial charge in [-0.1, -0.05) is 158 Å². The molecular formula is C48H38Cu2N2O8. The van der Waals surface area contributed by atoms with Crippen molar-refractivity contribution in [3.05, 3.63) is 228 Å². The molecule has 0 N–H and O–H groups in total. The van der Waals surface area contributed by atoms with Gasteiger partial charge < -0.3 is 39.6 Å². The largest absolute Gasteiger partial charge is 2.00 e. The van der Waals surface area contributed by atoms with Crippen LogP contribution in [-0.4, -0.2) is 33.8 Å². The molecule has 0 saturated heterocycles. The van der Waals surface area contributed by atoms with E-state index in [0.29, 0.717) is 0 Å². The molecule has 0 aliphatic carbocycles. The Bertz CT molecular complexity index is 2210. The SMILES string of the molecule is Cc1ccnc2ccccc12.Cc1ccnc2ccccc12.O=C([O-])c1ccccc1.O=C([O-])c1ccccc1.O=C([O-])c1ccccc1.O=C([O-])c1ccccc1.[Cu+2].[Cu+2]. The Morgan fingerprint density at radius 2 is 0.550 bits per heavy atom. The van der Waals surface area contributed by atoms with Crippen LogP contribution in [0.2, 0.25) is 0 Å². The van der Waals surface area contributed by atoms with Crippen molar-refractivity contribution in [2.45, 2.75) is 13.8 Å². The minimum absolute atomic E-state index is 0.